The van der Waals surface area contributed by atoms with E-state index < -0.39 is 5.97 Å². The van der Waals surface area contributed by atoms with E-state index in [4.69, 9.17) is 16.7 Å². The summed E-state index contributed by atoms with van der Waals surface area (Å²) in [6.45, 7) is 2.38. The second-order valence-corrected chi connectivity index (χ2v) is 5.77. The molecule has 0 aliphatic rings. The van der Waals surface area contributed by atoms with Gasteiger partial charge in [0.25, 0.3) is 0 Å². The van der Waals surface area contributed by atoms with E-state index in [-0.39, 0.29) is 12.2 Å². The van der Waals surface area contributed by atoms with Crippen LogP contribution < -0.4 is 0 Å². The molecule has 0 amide bonds. The number of halogens is 2. The fourth-order valence-electron chi connectivity index (χ4n) is 2.21. The molecular formula is C15H13BrClNO3. The molecule has 0 aliphatic carbocycles. The summed E-state index contributed by atoms with van der Waals surface area (Å²) < 4.78 is 2.33. The second-order valence-electron chi connectivity index (χ2n) is 4.48. The third-order valence-corrected chi connectivity index (χ3v) is 4.03. The molecule has 0 saturated carbocycles. The van der Waals surface area contributed by atoms with E-state index in [1.54, 1.807) is 34.9 Å². The van der Waals surface area contributed by atoms with E-state index in [9.17, 15) is 9.59 Å². The molecule has 0 spiro atoms. The van der Waals surface area contributed by atoms with Crippen LogP contribution >= 0.6 is 27.5 Å². The van der Waals surface area contributed by atoms with Crippen LogP contribution in [-0.4, -0.2) is 21.4 Å². The van der Waals surface area contributed by atoms with Crippen LogP contribution in [0.4, 0.5) is 0 Å². The van der Waals surface area contributed by atoms with E-state index in [0.717, 1.165) is 0 Å². The van der Waals surface area contributed by atoms with Crippen molar-refractivity contribution >= 4 is 39.3 Å². The van der Waals surface area contributed by atoms with Gasteiger partial charge in [0.1, 0.15) is 0 Å². The molecule has 1 heterocycles. The lowest BCUT2D eigenvalue weighted by molar-refractivity contribution is -0.136. The SMILES string of the molecule is CCn1c(C(=O)c2cccc(Cl)c2)cc(Br)c1CC(=O)O. The summed E-state index contributed by atoms with van der Waals surface area (Å²) in [7, 11) is 0. The number of hydrogen-bond donors (Lipinski definition) is 1. The summed E-state index contributed by atoms with van der Waals surface area (Å²) in [6.07, 6.45) is -0.142. The predicted octanol–water partition coefficient (Wildman–Crippen LogP) is 3.78. The fourth-order valence-corrected chi connectivity index (χ4v) is 2.97. The first-order valence-corrected chi connectivity index (χ1v) is 7.51. The summed E-state index contributed by atoms with van der Waals surface area (Å²) in [5, 5.41) is 9.46. The molecule has 0 fully saturated rings. The molecule has 0 unspecified atom stereocenters. The summed E-state index contributed by atoms with van der Waals surface area (Å²) in [5.41, 5.74) is 1.50. The van der Waals surface area contributed by atoms with Crippen molar-refractivity contribution in [2.24, 2.45) is 0 Å². The Bertz CT molecular complexity index is 709. The topological polar surface area (TPSA) is 59.3 Å². The molecule has 0 saturated heterocycles. The van der Waals surface area contributed by atoms with Gasteiger partial charge in [0.15, 0.2) is 0 Å². The minimum Gasteiger partial charge on any atom is -0.481 e. The van der Waals surface area contributed by atoms with E-state index >= 15 is 0 Å². The Balaban J connectivity index is 2.49. The van der Waals surface area contributed by atoms with E-state index in [1.807, 2.05) is 6.92 Å². The van der Waals surface area contributed by atoms with Gasteiger partial charge < -0.3 is 9.67 Å². The van der Waals surface area contributed by atoms with Gasteiger partial charge in [0.2, 0.25) is 5.78 Å². The molecular weight excluding hydrogens is 358 g/mol. The summed E-state index contributed by atoms with van der Waals surface area (Å²) in [6, 6.07) is 8.35. The Morgan fingerprint density at radius 1 is 1.33 bits per heavy atom. The molecule has 1 N–H and O–H groups in total. The average molecular weight is 371 g/mol. The van der Waals surface area contributed by atoms with Crippen LogP contribution in [0.3, 0.4) is 0 Å². The first-order valence-electron chi connectivity index (χ1n) is 6.34. The Kier molecular flexibility index (Phi) is 4.85. The van der Waals surface area contributed by atoms with Crippen LogP contribution in [0.5, 0.6) is 0 Å². The molecule has 0 aliphatic heterocycles. The number of carboxylic acids is 1. The quantitative estimate of drug-likeness (QED) is 0.815. The van der Waals surface area contributed by atoms with Gasteiger partial charge in [-0.3, -0.25) is 9.59 Å². The number of carbonyl (C=O) groups excluding carboxylic acids is 1. The molecule has 2 aromatic rings. The minimum absolute atomic E-state index is 0.142. The van der Waals surface area contributed by atoms with Crippen LogP contribution in [0, 0.1) is 0 Å². The number of benzene rings is 1. The van der Waals surface area contributed by atoms with Crippen molar-refractivity contribution in [2.45, 2.75) is 19.9 Å². The van der Waals surface area contributed by atoms with Gasteiger partial charge in [0, 0.05) is 27.3 Å². The highest BCUT2D eigenvalue weighted by molar-refractivity contribution is 9.10. The smallest absolute Gasteiger partial charge is 0.309 e. The van der Waals surface area contributed by atoms with Gasteiger partial charge in [-0.1, -0.05) is 23.7 Å². The van der Waals surface area contributed by atoms with Gasteiger partial charge >= 0.3 is 5.97 Å². The van der Waals surface area contributed by atoms with Crippen molar-refractivity contribution in [2.75, 3.05) is 0 Å². The fraction of sp³-hybridized carbons (Fsp3) is 0.200. The van der Waals surface area contributed by atoms with Gasteiger partial charge in [-0.2, -0.15) is 0 Å². The van der Waals surface area contributed by atoms with E-state index in [1.165, 1.54) is 0 Å². The summed E-state index contributed by atoms with van der Waals surface area (Å²) >= 11 is 9.24. The summed E-state index contributed by atoms with van der Waals surface area (Å²) in [5.74, 6) is -1.12. The van der Waals surface area contributed by atoms with Crippen molar-refractivity contribution in [3.8, 4) is 0 Å². The number of carbonyl (C=O) groups is 2. The normalized spacial score (nSPS) is 10.6. The molecule has 1 aromatic heterocycles. The predicted molar refractivity (Wildman–Crippen MR) is 84.0 cm³/mol. The van der Waals surface area contributed by atoms with Gasteiger partial charge in [-0.05, 0) is 41.1 Å². The zero-order chi connectivity index (χ0) is 15.6. The van der Waals surface area contributed by atoms with Gasteiger partial charge in [0.05, 0.1) is 12.1 Å². The lowest BCUT2D eigenvalue weighted by Crippen LogP contribution is -2.14. The monoisotopic (exact) mass is 369 g/mol. The van der Waals surface area contributed by atoms with Gasteiger partial charge in [-0.25, -0.2) is 0 Å². The first-order chi connectivity index (χ1) is 9.93. The second kappa shape index (κ2) is 6.45. The highest BCUT2D eigenvalue weighted by Crippen LogP contribution is 2.25. The number of rotatable bonds is 5. The standard InChI is InChI=1S/C15H13BrClNO3/c1-2-18-12(8-14(19)20)11(16)7-13(18)15(21)9-4-3-5-10(17)6-9/h3-7H,2,8H2,1H3,(H,19,20). The third-order valence-electron chi connectivity index (χ3n) is 3.11. The van der Waals surface area contributed by atoms with Crippen molar-refractivity contribution in [1.29, 1.82) is 0 Å². The third kappa shape index (κ3) is 3.36. The molecule has 0 radical (unpaired) electrons. The van der Waals surface area contributed by atoms with Crippen LogP contribution in [0.25, 0.3) is 0 Å². The maximum Gasteiger partial charge on any atom is 0.309 e. The number of ketones is 1. The van der Waals surface area contributed by atoms with Crippen LogP contribution in [0.1, 0.15) is 28.7 Å². The van der Waals surface area contributed by atoms with E-state index in [2.05, 4.69) is 15.9 Å². The molecule has 110 valence electrons. The van der Waals surface area contributed by atoms with Crippen LogP contribution in [0.2, 0.25) is 5.02 Å². The molecule has 6 heteroatoms. The molecule has 0 atom stereocenters. The Labute approximate surface area is 135 Å². The molecule has 21 heavy (non-hydrogen) atoms. The van der Waals surface area contributed by atoms with Crippen molar-refractivity contribution in [3.63, 3.8) is 0 Å². The zero-order valence-electron chi connectivity index (χ0n) is 11.3. The molecule has 0 bridgehead atoms. The molecule has 4 nitrogen and oxygen atoms in total. The zero-order valence-corrected chi connectivity index (χ0v) is 13.6. The van der Waals surface area contributed by atoms with Crippen LogP contribution in [-0.2, 0) is 17.8 Å². The maximum absolute atomic E-state index is 12.6. The Hall–Kier alpha value is -1.59. The first kappa shape index (κ1) is 15.8. The summed E-state index contributed by atoms with van der Waals surface area (Å²) in [4.78, 5) is 23.5. The lowest BCUT2D eigenvalue weighted by Gasteiger charge is -2.09. The number of hydrogen-bond acceptors (Lipinski definition) is 2. The van der Waals surface area contributed by atoms with Crippen LogP contribution in [0.15, 0.2) is 34.8 Å². The van der Waals surface area contributed by atoms with Crippen molar-refractivity contribution in [3.05, 3.63) is 56.8 Å². The number of nitrogens with zero attached hydrogens (tertiary/aromatic N) is 1. The van der Waals surface area contributed by atoms with Gasteiger partial charge in [-0.15, -0.1) is 0 Å². The Morgan fingerprint density at radius 2 is 2.05 bits per heavy atom. The molecule has 1 aromatic carbocycles. The number of aliphatic carboxylic acids is 1. The van der Waals surface area contributed by atoms with E-state index in [0.29, 0.717) is 33.0 Å². The largest absolute Gasteiger partial charge is 0.481 e. The number of aromatic nitrogens is 1. The lowest BCUT2D eigenvalue weighted by atomic mass is 10.1. The van der Waals surface area contributed by atoms with Crippen molar-refractivity contribution in [1.82, 2.24) is 4.57 Å². The average Bonchev–Trinajstić information content (AvgIpc) is 2.74. The molecule has 2 rings (SSSR count). The highest BCUT2D eigenvalue weighted by Gasteiger charge is 2.20. The number of carboxylic acid groups (broad SMARTS) is 1. The maximum atomic E-state index is 12.6. The Morgan fingerprint density at radius 3 is 2.62 bits per heavy atom. The minimum atomic E-state index is -0.940. The highest BCUT2D eigenvalue weighted by atomic mass is 79.9. The van der Waals surface area contributed by atoms with Crippen molar-refractivity contribution < 1.29 is 14.7 Å².